The van der Waals surface area contributed by atoms with Gasteiger partial charge in [-0.05, 0) is 37.3 Å². The van der Waals surface area contributed by atoms with Crippen LogP contribution in [0.4, 0.5) is 32.0 Å². The molecule has 0 aliphatic heterocycles. The van der Waals surface area contributed by atoms with Gasteiger partial charge < -0.3 is 11.1 Å². The minimum Gasteiger partial charge on any atom is -0.364 e. The molecule has 3 N–H and O–H groups in total. The molecule has 0 bridgehead atoms. The maximum absolute atomic E-state index is 14.4. The molecular formula is C24H14F6N6O2. The molecule has 0 atom stereocenters. The third-order valence-electron chi connectivity index (χ3n) is 5.56. The summed E-state index contributed by atoms with van der Waals surface area (Å²) in [5.41, 5.74) is 0.617. The van der Waals surface area contributed by atoms with E-state index in [1.54, 1.807) is 6.07 Å². The van der Waals surface area contributed by atoms with Crippen LogP contribution in [0.2, 0.25) is 0 Å². The third-order valence-corrected chi connectivity index (χ3v) is 5.56. The molecule has 38 heavy (non-hydrogen) atoms. The zero-order valence-electron chi connectivity index (χ0n) is 19.1. The number of benzene rings is 2. The number of hydrogen-bond acceptors (Lipinski definition) is 5. The molecule has 0 fully saturated rings. The number of rotatable bonds is 5. The van der Waals surface area contributed by atoms with Crippen molar-refractivity contribution in [2.45, 2.75) is 19.6 Å². The second-order valence-electron chi connectivity index (χ2n) is 8.03. The number of halogens is 6. The van der Waals surface area contributed by atoms with Crippen molar-refractivity contribution in [3.05, 3.63) is 87.6 Å². The number of aromatic nitrogens is 3. The van der Waals surface area contributed by atoms with E-state index in [1.807, 2.05) is 0 Å². The summed E-state index contributed by atoms with van der Waals surface area (Å²) in [6, 6.07) is 6.97. The Hall–Kier alpha value is -4.93. The van der Waals surface area contributed by atoms with E-state index in [0.29, 0.717) is 4.68 Å². The first kappa shape index (κ1) is 26.1. The molecular weight excluding hydrogens is 518 g/mol. The van der Waals surface area contributed by atoms with Crippen molar-refractivity contribution >= 4 is 28.4 Å². The van der Waals surface area contributed by atoms with Gasteiger partial charge in [0, 0.05) is 17.0 Å². The number of carbonyl (C=O) groups is 2. The van der Waals surface area contributed by atoms with Crippen LogP contribution in [-0.4, -0.2) is 26.6 Å². The third kappa shape index (κ3) is 4.85. The second-order valence-corrected chi connectivity index (χ2v) is 8.03. The van der Waals surface area contributed by atoms with Gasteiger partial charge in [0.05, 0.1) is 40.6 Å². The van der Waals surface area contributed by atoms with Crippen molar-refractivity contribution in [3.63, 3.8) is 0 Å². The van der Waals surface area contributed by atoms with Crippen molar-refractivity contribution in [2.75, 3.05) is 5.32 Å². The van der Waals surface area contributed by atoms with Crippen LogP contribution in [0.15, 0.2) is 36.4 Å². The zero-order chi connectivity index (χ0) is 27.9. The first-order chi connectivity index (χ1) is 17.8. The molecule has 2 amide bonds. The Bertz CT molecular complexity index is 1650. The molecule has 0 aliphatic carbocycles. The predicted octanol–water partition coefficient (Wildman–Crippen LogP) is 4.45. The van der Waals surface area contributed by atoms with Gasteiger partial charge in [-0.25, -0.2) is 18.2 Å². The van der Waals surface area contributed by atoms with E-state index >= 15 is 0 Å². The van der Waals surface area contributed by atoms with E-state index < -0.39 is 64.6 Å². The molecule has 2 aromatic carbocycles. The topological polar surface area (TPSA) is 127 Å². The summed E-state index contributed by atoms with van der Waals surface area (Å²) >= 11 is 0. The summed E-state index contributed by atoms with van der Waals surface area (Å²) < 4.78 is 84.6. The number of nitrogens with zero attached hydrogens (tertiary/aromatic N) is 4. The second kappa shape index (κ2) is 9.51. The number of alkyl halides is 3. The van der Waals surface area contributed by atoms with Gasteiger partial charge in [-0.15, -0.1) is 0 Å². The van der Waals surface area contributed by atoms with E-state index in [9.17, 15) is 35.9 Å². The fourth-order valence-electron chi connectivity index (χ4n) is 3.71. The number of amides is 2. The van der Waals surface area contributed by atoms with Gasteiger partial charge in [0.25, 0.3) is 11.8 Å². The average Bonchev–Trinajstić information content (AvgIpc) is 3.15. The van der Waals surface area contributed by atoms with Gasteiger partial charge in [-0.2, -0.15) is 23.5 Å². The van der Waals surface area contributed by atoms with Crippen LogP contribution in [0.1, 0.15) is 43.4 Å². The first-order valence-electron chi connectivity index (χ1n) is 10.5. The summed E-state index contributed by atoms with van der Waals surface area (Å²) in [6.45, 7) is 0.337. The van der Waals surface area contributed by atoms with Crippen LogP contribution in [0.3, 0.4) is 0 Å². The summed E-state index contributed by atoms with van der Waals surface area (Å²) in [7, 11) is 0. The van der Waals surface area contributed by atoms with Crippen molar-refractivity contribution in [3.8, 4) is 6.07 Å². The normalized spacial score (nSPS) is 11.4. The lowest BCUT2D eigenvalue weighted by molar-refractivity contribution is -0.140. The van der Waals surface area contributed by atoms with E-state index in [-0.39, 0.29) is 27.7 Å². The summed E-state index contributed by atoms with van der Waals surface area (Å²) in [5, 5.41) is 14.3. The average molecular weight is 532 g/mol. The van der Waals surface area contributed by atoms with Crippen LogP contribution in [0.5, 0.6) is 0 Å². The molecule has 0 saturated carbocycles. The van der Waals surface area contributed by atoms with Crippen molar-refractivity contribution in [1.82, 2.24) is 14.8 Å². The SMILES string of the molecule is Cc1c(NC(=O)c2cc(C(N)=O)nc3cc(F)ccc23)c(C(F)(F)F)nn1Cc1c(F)cc(C#N)cc1F. The van der Waals surface area contributed by atoms with Crippen LogP contribution >= 0.6 is 0 Å². The highest BCUT2D eigenvalue weighted by molar-refractivity contribution is 6.14. The molecule has 0 saturated heterocycles. The van der Waals surface area contributed by atoms with E-state index in [2.05, 4.69) is 15.4 Å². The minimum absolute atomic E-state index is 0.00854. The predicted molar refractivity (Wildman–Crippen MR) is 120 cm³/mol. The van der Waals surface area contributed by atoms with E-state index in [1.165, 1.54) is 0 Å². The number of nitrogens with two attached hydrogens (primary N) is 1. The van der Waals surface area contributed by atoms with Crippen LogP contribution in [-0.2, 0) is 12.7 Å². The lowest BCUT2D eigenvalue weighted by atomic mass is 10.1. The Morgan fingerprint density at radius 2 is 1.76 bits per heavy atom. The minimum atomic E-state index is -5.10. The molecule has 2 heterocycles. The maximum Gasteiger partial charge on any atom is 0.437 e. The molecule has 14 heteroatoms. The number of fused-ring (bicyclic) bond motifs is 1. The Kier molecular flexibility index (Phi) is 6.54. The molecule has 0 radical (unpaired) electrons. The van der Waals surface area contributed by atoms with E-state index in [4.69, 9.17) is 11.0 Å². The van der Waals surface area contributed by atoms with Crippen LogP contribution in [0, 0.1) is 35.7 Å². The molecule has 2 aromatic heterocycles. The van der Waals surface area contributed by atoms with Gasteiger partial charge in [0.15, 0.2) is 5.69 Å². The highest BCUT2D eigenvalue weighted by atomic mass is 19.4. The number of anilines is 1. The number of hydrogen-bond donors (Lipinski definition) is 2. The highest BCUT2D eigenvalue weighted by Crippen LogP contribution is 2.37. The number of nitrogens with one attached hydrogen (secondary N) is 1. The van der Waals surface area contributed by atoms with Gasteiger partial charge in [-0.1, -0.05) is 0 Å². The molecule has 0 unspecified atom stereocenters. The zero-order valence-corrected chi connectivity index (χ0v) is 19.1. The van der Waals surface area contributed by atoms with Gasteiger partial charge >= 0.3 is 6.18 Å². The highest BCUT2D eigenvalue weighted by Gasteiger charge is 2.39. The van der Waals surface area contributed by atoms with Gasteiger partial charge in [0.2, 0.25) is 0 Å². The summed E-state index contributed by atoms with van der Waals surface area (Å²) in [6.07, 6.45) is -5.10. The number of carbonyl (C=O) groups excluding carboxylic acids is 2. The van der Waals surface area contributed by atoms with Gasteiger partial charge in [-0.3, -0.25) is 14.3 Å². The first-order valence-corrected chi connectivity index (χ1v) is 10.5. The Labute approximate surface area is 209 Å². The van der Waals surface area contributed by atoms with Crippen molar-refractivity contribution < 1.29 is 35.9 Å². The largest absolute Gasteiger partial charge is 0.437 e. The summed E-state index contributed by atoms with van der Waals surface area (Å²) in [5.74, 6) is -5.32. The fourth-order valence-corrected chi connectivity index (χ4v) is 3.71. The van der Waals surface area contributed by atoms with Gasteiger partial charge in [0.1, 0.15) is 23.1 Å². The Morgan fingerprint density at radius 1 is 1.11 bits per heavy atom. The van der Waals surface area contributed by atoms with Crippen molar-refractivity contribution in [1.29, 1.82) is 5.26 Å². The smallest absolute Gasteiger partial charge is 0.364 e. The fraction of sp³-hybridized carbons (Fsp3) is 0.125. The van der Waals surface area contributed by atoms with Crippen molar-refractivity contribution in [2.24, 2.45) is 5.73 Å². The Balaban J connectivity index is 1.80. The molecule has 0 aliphatic rings. The number of primary amides is 1. The summed E-state index contributed by atoms with van der Waals surface area (Å²) in [4.78, 5) is 28.7. The lowest BCUT2D eigenvalue weighted by Gasteiger charge is -2.12. The number of pyridine rings is 1. The number of nitriles is 1. The molecule has 0 spiro atoms. The molecule has 194 valence electrons. The quantitative estimate of drug-likeness (QED) is 0.368. The molecule has 8 nitrogen and oxygen atoms in total. The lowest BCUT2D eigenvalue weighted by Crippen LogP contribution is -2.19. The van der Waals surface area contributed by atoms with Crippen LogP contribution in [0.25, 0.3) is 10.9 Å². The molecule has 4 rings (SSSR count). The standard InChI is InChI=1S/C24H14F6N6O2/c1-10-20(34-23(38)14-7-19(22(32)37)33-18-6-12(25)2-3-13(14)18)21(24(28,29)30)35-36(10)9-15-16(26)4-11(8-31)5-17(15)27/h2-7H,9H2,1H3,(H2,32,37)(H,34,38). The van der Waals surface area contributed by atoms with Crippen LogP contribution < -0.4 is 11.1 Å². The maximum atomic E-state index is 14.4. The van der Waals surface area contributed by atoms with E-state index in [0.717, 1.165) is 43.3 Å². The molecule has 4 aromatic rings. The Morgan fingerprint density at radius 3 is 2.34 bits per heavy atom. The monoisotopic (exact) mass is 532 g/mol.